The maximum atomic E-state index is 12.8. The lowest BCUT2D eigenvalue weighted by Crippen LogP contribution is -2.50. The summed E-state index contributed by atoms with van der Waals surface area (Å²) in [5.74, 6) is -0.447. The molecule has 3 N–H and O–H groups in total. The molecule has 36 heavy (non-hydrogen) atoms. The van der Waals surface area contributed by atoms with Crippen molar-refractivity contribution in [1.82, 2.24) is 20.1 Å². The zero-order chi connectivity index (χ0) is 26.2. The first-order valence-electron chi connectivity index (χ1n) is 12.0. The lowest BCUT2D eigenvalue weighted by Gasteiger charge is -2.52. The maximum Gasteiger partial charge on any atom is 0.240 e. The van der Waals surface area contributed by atoms with Crippen molar-refractivity contribution in [2.75, 3.05) is 0 Å². The summed E-state index contributed by atoms with van der Waals surface area (Å²) >= 11 is 12.5. The number of aromatic nitrogens is 3. The summed E-state index contributed by atoms with van der Waals surface area (Å²) < 4.78 is 1.91. The number of hydrogen-bond donors (Lipinski definition) is 2. The smallest absolute Gasteiger partial charge is 0.240 e. The fourth-order valence-corrected chi connectivity index (χ4v) is 5.30. The van der Waals surface area contributed by atoms with Crippen molar-refractivity contribution in [2.24, 2.45) is 23.0 Å². The second kappa shape index (κ2) is 10.2. The van der Waals surface area contributed by atoms with Crippen LogP contribution in [0, 0.1) is 17.3 Å². The van der Waals surface area contributed by atoms with Gasteiger partial charge in [-0.1, -0.05) is 50.9 Å². The zero-order valence-corrected chi connectivity index (χ0v) is 22.3. The number of rotatable bonds is 8. The van der Waals surface area contributed by atoms with Crippen LogP contribution in [0.25, 0.3) is 16.9 Å². The second-order valence-corrected chi connectivity index (χ2v) is 11.2. The van der Waals surface area contributed by atoms with E-state index in [-0.39, 0.29) is 29.1 Å². The summed E-state index contributed by atoms with van der Waals surface area (Å²) in [5.41, 5.74) is 8.86. The number of benzene rings is 1. The van der Waals surface area contributed by atoms with E-state index in [1.54, 1.807) is 24.5 Å². The molecular formula is C27H31Cl2N5O2. The first kappa shape index (κ1) is 26.2. The van der Waals surface area contributed by atoms with Crippen molar-refractivity contribution in [3.8, 4) is 16.9 Å². The summed E-state index contributed by atoms with van der Waals surface area (Å²) in [5, 5.41) is 8.65. The Morgan fingerprint density at radius 1 is 1.19 bits per heavy atom. The SMILES string of the molecule is CC(C)[C@H](NC(=O)C[C@H]1C[C@H](c2cc(-c3cccnc3)nn2-c2ccc(Cl)c(Cl)c2)C1(C)C)C(N)=O. The van der Waals surface area contributed by atoms with Crippen molar-refractivity contribution in [3.63, 3.8) is 0 Å². The van der Waals surface area contributed by atoms with Gasteiger partial charge in [0.05, 0.1) is 21.4 Å². The fourth-order valence-electron chi connectivity index (χ4n) is 5.01. The number of primary amides is 1. The van der Waals surface area contributed by atoms with Crippen molar-refractivity contribution in [1.29, 1.82) is 0 Å². The van der Waals surface area contributed by atoms with Gasteiger partial charge in [0.15, 0.2) is 0 Å². The van der Waals surface area contributed by atoms with E-state index in [1.807, 2.05) is 36.7 Å². The Hall–Kier alpha value is -2.90. The molecule has 9 heteroatoms. The van der Waals surface area contributed by atoms with Gasteiger partial charge in [-0.25, -0.2) is 4.68 Å². The van der Waals surface area contributed by atoms with E-state index in [9.17, 15) is 9.59 Å². The van der Waals surface area contributed by atoms with E-state index < -0.39 is 11.9 Å². The number of nitrogens with two attached hydrogens (primary N) is 1. The maximum absolute atomic E-state index is 12.8. The summed E-state index contributed by atoms with van der Waals surface area (Å²) in [6.07, 6.45) is 4.65. The number of halogens is 2. The Morgan fingerprint density at radius 2 is 1.94 bits per heavy atom. The highest BCUT2D eigenvalue weighted by Crippen LogP contribution is 2.58. The minimum atomic E-state index is -0.672. The average Bonchev–Trinajstić information content (AvgIpc) is 3.26. The Morgan fingerprint density at radius 3 is 2.53 bits per heavy atom. The molecule has 0 unspecified atom stereocenters. The Balaban J connectivity index is 1.61. The first-order valence-corrected chi connectivity index (χ1v) is 12.8. The number of hydrogen-bond acceptors (Lipinski definition) is 4. The predicted molar refractivity (Wildman–Crippen MR) is 142 cm³/mol. The molecule has 3 atom stereocenters. The van der Waals surface area contributed by atoms with Gasteiger partial charge in [0.2, 0.25) is 11.8 Å². The first-order chi connectivity index (χ1) is 17.0. The number of carbonyl (C=O) groups is 2. The van der Waals surface area contributed by atoms with E-state index in [2.05, 4.69) is 30.2 Å². The Bertz CT molecular complexity index is 1270. The molecule has 7 nitrogen and oxygen atoms in total. The molecule has 1 fully saturated rings. The van der Waals surface area contributed by atoms with Crippen molar-refractivity contribution in [2.45, 2.75) is 52.5 Å². The molecule has 1 aliphatic rings. The van der Waals surface area contributed by atoms with Crippen molar-refractivity contribution in [3.05, 3.63) is 64.5 Å². The molecule has 2 aromatic heterocycles. The third-order valence-electron chi connectivity index (χ3n) is 7.39. The molecule has 0 bridgehead atoms. The van der Waals surface area contributed by atoms with Crippen LogP contribution in [0.1, 0.15) is 52.1 Å². The van der Waals surface area contributed by atoms with E-state index in [0.717, 1.165) is 29.1 Å². The van der Waals surface area contributed by atoms with Gasteiger partial charge in [-0.3, -0.25) is 14.6 Å². The third-order valence-corrected chi connectivity index (χ3v) is 8.13. The van der Waals surface area contributed by atoms with Crippen LogP contribution in [0.3, 0.4) is 0 Å². The molecule has 2 heterocycles. The van der Waals surface area contributed by atoms with Crippen LogP contribution in [-0.2, 0) is 9.59 Å². The molecule has 1 aliphatic carbocycles. The number of nitrogens with zero attached hydrogens (tertiary/aromatic N) is 3. The van der Waals surface area contributed by atoms with Crippen LogP contribution in [0.5, 0.6) is 0 Å². The van der Waals surface area contributed by atoms with Gasteiger partial charge in [0, 0.05) is 36.0 Å². The second-order valence-electron chi connectivity index (χ2n) is 10.4. The average molecular weight is 528 g/mol. The van der Waals surface area contributed by atoms with Crippen molar-refractivity contribution >= 4 is 35.0 Å². The summed E-state index contributed by atoms with van der Waals surface area (Å²) in [4.78, 5) is 28.7. The van der Waals surface area contributed by atoms with Crippen LogP contribution in [0.2, 0.25) is 10.0 Å². The highest BCUT2D eigenvalue weighted by atomic mass is 35.5. The highest BCUT2D eigenvalue weighted by molar-refractivity contribution is 6.42. The molecule has 3 aromatic rings. The molecule has 0 aliphatic heterocycles. The molecule has 190 valence electrons. The van der Waals surface area contributed by atoms with Crippen LogP contribution in [0.4, 0.5) is 0 Å². The summed E-state index contributed by atoms with van der Waals surface area (Å²) in [6.45, 7) is 8.07. The normalized spacial score (nSPS) is 19.5. The number of nitrogens with one attached hydrogen (secondary N) is 1. The van der Waals surface area contributed by atoms with Gasteiger partial charge in [0.1, 0.15) is 6.04 Å². The standard InChI is InChI=1S/C27H31Cl2N5O2/c1-15(2)25(26(30)36)32-24(35)11-17-10-19(27(17,3)4)23-13-22(16-6-5-9-31-14-16)33-34(23)18-7-8-20(28)21(29)12-18/h5-9,12-15,17,19,25H,10-11H2,1-4H3,(H2,30,36)(H,32,35)/t17-,19-,25+/m1/s1. The summed E-state index contributed by atoms with van der Waals surface area (Å²) in [7, 11) is 0. The molecule has 2 amide bonds. The van der Waals surface area contributed by atoms with Gasteiger partial charge in [-0.2, -0.15) is 5.10 Å². The van der Waals surface area contributed by atoms with Crippen LogP contribution < -0.4 is 11.1 Å². The molecule has 0 spiro atoms. The van der Waals surface area contributed by atoms with Crippen LogP contribution >= 0.6 is 23.2 Å². The molecular weight excluding hydrogens is 497 g/mol. The minimum Gasteiger partial charge on any atom is -0.368 e. The van der Waals surface area contributed by atoms with E-state index in [0.29, 0.717) is 16.5 Å². The minimum absolute atomic E-state index is 0.0694. The van der Waals surface area contributed by atoms with Crippen LogP contribution in [0.15, 0.2) is 48.8 Å². The van der Waals surface area contributed by atoms with Gasteiger partial charge < -0.3 is 11.1 Å². The molecule has 0 saturated heterocycles. The molecule has 1 aromatic carbocycles. The molecule has 1 saturated carbocycles. The number of carbonyl (C=O) groups excluding carboxylic acids is 2. The third kappa shape index (κ3) is 5.13. The van der Waals surface area contributed by atoms with Crippen LogP contribution in [-0.4, -0.2) is 32.6 Å². The van der Waals surface area contributed by atoms with Gasteiger partial charge in [-0.05, 0) is 60.1 Å². The number of pyridine rings is 1. The van der Waals surface area contributed by atoms with E-state index in [1.165, 1.54) is 0 Å². The highest BCUT2D eigenvalue weighted by Gasteiger charge is 2.50. The van der Waals surface area contributed by atoms with E-state index in [4.69, 9.17) is 34.0 Å². The molecule has 4 rings (SSSR count). The fraction of sp³-hybridized carbons (Fsp3) is 0.407. The summed E-state index contributed by atoms with van der Waals surface area (Å²) in [6, 6.07) is 10.7. The lowest BCUT2D eigenvalue weighted by molar-refractivity contribution is -0.131. The molecule has 0 radical (unpaired) electrons. The van der Waals surface area contributed by atoms with E-state index >= 15 is 0 Å². The quantitative estimate of drug-likeness (QED) is 0.409. The van der Waals surface area contributed by atoms with Gasteiger partial charge in [-0.15, -0.1) is 0 Å². The Kier molecular flexibility index (Phi) is 7.43. The zero-order valence-electron chi connectivity index (χ0n) is 20.8. The monoisotopic (exact) mass is 527 g/mol. The number of amides is 2. The largest absolute Gasteiger partial charge is 0.368 e. The lowest BCUT2D eigenvalue weighted by atomic mass is 9.52. The van der Waals surface area contributed by atoms with Gasteiger partial charge >= 0.3 is 0 Å². The Labute approximate surface area is 221 Å². The topological polar surface area (TPSA) is 103 Å². The van der Waals surface area contributed by atoms with Gasteiger partial charge in [0.25, 0.3) is 0 Å². The predicted octanol–water partition coefficient (Wildman–Crippen LogP) is 5.39. The van der Waals surface area contributed by atoms with Crippen molar-refractivity contribution < 1.29 is 9.59 Å².